The minimum absolute atomic E-state index is 0.0434. The zero-order valence-electron chi connectivity index (χ0n) is 11.3. The van der Waals surface area contributed by atoms with Crippen molar-refractivity contribution in [1.29, 1.82) is 0 Å². The third-order valence-electron chi connectivity index (χ3n) is 3.64. The summed E-state index contributed by atoms with van der Waals surface area (Å²) >= 11 is 3.48. The van der Waals surface area contributed by atoms with Gasteiger partial charge in [0.15, 0.2) is 5.78 Å². The lowest BCUT2D eigenvalue weighted by molar-refractivity contribution is 0.103. The lowest BCUT2D eigenvalue weighted by atomic mass is 9.95. The Morgan fingerprint density at radius 1 is 1.25 bits per heavy atom. The van der Waals surface area contributed by atoms with Gasteiger partial charge in [-0.3, -0.25) is 4.79 Å². The maximum absolute atomic E-state index is 12.8. The molecule has 0 saturated carbocycles. The zero-order chi connectivity index (χ0) is 14.1. The second-order valence-corrected chi connectivity index (χ2v) is 5.80. The summed E-state index contributed by atoms with van der Waals surface area (Å²) < 4.78 is 6.59. The second kappa shape index (κ2) is 5.41. The maximum atomic E-state index is 12.8. The van der Waals surface area contributed by atoms with Crippen LogP contribution in [-0.2, 0) is 12.8 Å². The van der Waals surface area contributed by atoms with Gasteiger partial charge in [-0.05, 0) is 29.7 Å². The van der Waals surface area contributed by atoms with Gasteiger partial charge < -0.3 is 4.74 Å². The fourth-order valence-corrected chi connectivity index (χ4v) is 3.14. The van der Waals surface area contributed by atoms with Crippen LogP contribution >= 0.6 is 15.9 Å². The van der Waals surface area contributed by atoms with Gasteiger partial charge in [-0.15, -0.1) is 0 Å². The van der Waals surface area contributed by atoms with E-state index in [4.69, 9.17) is 4.74 Å². The molecule has 0 aliphatic carbocycles. The SMILES string of the molecule is CCc1ccccc1C(=O)c1cc(Br)cc2c1OCC2. The van der Waals surface area contributed by atoms with Crippen LogP contribution in [0.1, 0.15) is 34.0 Å². The molecular formula is C17H15BrO2. The van der Waals surface area contributed by atoms with E-state index in [-0.39, 0.29) is 5.78 Å². The highest BCUT2D eigenvalue weighted by Crippen LogP contribution is 2.34. The second-order valence-electron chi connectivity index (χ2n) is 4.88. The van der Waals surface area contributed by atoms with E-state index in [0.29, 0.717) is 12.2 Å². The molecule has 0 unspecified atom stereocenters. The van der Waals surface area contributed by atoms with Crippen LogP contribution in [0.2, 0.25) is 0 Å². The predicted molar refractivity (Wildman–Crippen MR) is 82.6 cm³/mol. The molecule has 0 amide bonds. The summed E-state index contributed by atoms with van der Waals surface area (Å²) in [6.45, 7) is 2.72. The first kappa shape index (κ1) is 13.4. The number of hydrogen-bond donors (Lipinski definition) is 0. The van der Waals surface area contributed by atoms with Crippen LogP contribution in [0.3, 0.4) is 0 Å². The average molecular weight is 331 g/mol. The van der Waals surface area contributed by atoms with Crippen LogP contribution in [0, 0.1) is 0 Å². The van der Waals surface area contributed by atoms with Crippen molar-refractivity contribution in [3.8, 4) is 5.75 Å². The van der Waals surface area contributed by atoms with E-state index in [1.54, 1.807) is 0 Å². The normalized spacial score (nSPS) is 12.9. The standard InChI is InChI=1S/C17H15BrO2/c1-2-11-5-3-4-6-14(11)16(19)15-10-13(18)9-12-7-8-20-17(12)15/h3-6,9-10H,2,7-8H2,1H3. The lowest BCUT2D eigenvalue weighted by Crippen LogP contribution is -2.07. The summed E-state index contributed by atoms with van der Waals surface area (Å²) in [5, 5.41) is 0. The summed E-state index contributed by atoms with van der Waals surface area (Å²) in [5.41, 5.74) is 3.61. The Balaban J connectivity index is 2.12. The number of rotatable bonds is 3. The Bertz CT molecular complexity index is 677. The Morgan fingerprint density at radius 2 is 2.05 bits per heavy atom. The number of carbonyl (C=O) groups is 1. The monoisotopic (exact) mass is 330 g/mol. The molecule has 3 rings (SSSR count). The predicted octanol–water partition coefficient (Wildman–Crippen LogP) is 4.18. The number of fused-ring (bicyclic) bond motifs is 1. The van der Waals surface area contributed by atoms with Crippen LogP contribution in [0.15, 0.2) is 40.9 Å². The Kier molecular flexibility index (Phi) is 3.62. The van der Waals surface area contributed by atoms with Crippen LogP contribution in [0.4, 0.5) is 0 Å². The summed E-state index contributed by atoms with van der Waals surface area (Å²) in [4.78, 5) is 12.8. The Hall–Kier alpha value is -1.61. The first-order valence-electron chi connectivity index (χ1n) is 6.78. The minimum Gasteiger partial charge on any atom is -0.492 e. The first-order chi connectivity index (χ1) is 9.70. The molecule has 1 heterocycles. The van der Waals surface area contributed by atoms with Crippen LogP contribution < -0.4 is 4.74 Å². The van der Waals surface area contributed by atoms with Gasteiger partial charge in [0.1, 0.15) is 5.75 Å². The summed E-state index contributed by atoms with van der Waals surface area (Å²) in [5.74, 6) is 0.797. The summed E-state index contributed by atoms with van der Waals surface area (Å²) in [6.07, 6.45) is 1.71. The van der Waals surface area contributed by atoms with E-state index in [9.17, 15) is 4.79 Å². The molecule has 1 aliphatic rings. The van der Waals surface area contributed by atoms with Crippen molar-refractivity contribution >= 4 is 21.7 Å². The molecule has 1 aliphatic heterocycles. The van der Waals surface area contributed by atoms with Gasteiger partial charge in [0.2, 0.25) is 0 Å². The average Bonchev–Trinajstić information content (AvgIpc) is 2.93. The van der Waals surface area contributed by atoms with E-state index >= 15 is 0 Å². The molecule has 3 heteroatoms. The number of hydrogen-bond acceptors (Lipinski definition) is 2. The van der Waals surface area contributed by atoms with Gasteiger partial charge in [-0.1, -0.05) is 47.1 Å². The van der Waals surface area contributed by atoms with Gasteiger partial charge in [0.05, 0.1) is 12.2 Å². The smallest absolute Gasteiger partial charge is 0.197 e. The fraction of sp³-hybridized carbons (Fsp3) is 0.235. The fourth-order valence-electron chi connectivity index (χ4n) is 2.63. The van der Waals surface area contributed by atoms with Crippen molar-refractivity contribution in [1.82, 2.24) is 0 Å². The van der Waals surface area contributed by atoms with Crippen LogP contribution in [0.25, 0.3) is 0 Å². The molecule has 102 valence electrons. The van der Waals surface area contributed by atoms with Crippen molar-refractivity contribution in [3.63, 3.8) is 0 Å². The highest BCUT2D eigenvalue weighted by molar-refractivity contribution is 9.10. The molecule has 0 spiro atoms. The van der Waals surface area contributed by atoms with Gasteiger partial charge >= 0.3 is 0 Å². The van der Waals surface area contributed by atoms with Gasteiger partial charge in [-0.25, -0.2) is 0 Å². The molecule has 0 radical (unpaired) electrons. The molecule has 0 saturated heterocycles. The topological polar surface area (TPSA) is 26.3 Å². The quantitative estimate of drug-likeness (QED) is 0.789. The summed E-state index contributed by atoms with van der Waals surface area (Å²) in [6, 6.07) is 11.7. The van der Waals surface area contributed by atoms with Crippen molar-refractivity contribution < 1.29 is 9.53 Å². The van der Waals surface area contributed by atoms with E-state index in [2.05, 4.69) is 22.9 Å². The summed E-state index contributed by atoms with van der Waals surface area (Å²) in [7, 11) is 0. The number of ketones is 1. The third kappa shape index (κ3) is 2.27. The highest BCUT2D eigenvalue weighted by Gasteiger charge is 2.23. The molecule has 0 atom stereocenters. The lowest BCUT2D eigenvalue weighted by Gasteiger charge is -2.11. The molecule has 2 aromatic carbocycles. The van der Waals surface area contributed by atoms with E-state index in [0.717, 1.165) is 39.8 Å². The number of ether oxygens (including phenoxy) is 1. The molecule has 2 aromatic rings. The van der Waals surface area contributed by atoms with Crippen LogP contribution in [0.5, 0.6) is 5.75 Å². The molecular weight excluding hydrogens is 316 g/mol. The largest absolute Gasteiger partial charge is 0.492 e. The molecule has 2 nitrogen and oxygen atoms in total. The van der Waals surface area contributed by atoms with Gasteiger partial charge in [-0.2, -0.15) is 0 Å². The van der Waals surface area contributed by atoms with Crippen molar-refractivity contribution in [2.24, 2.45) is 0 Å². The number of aryl methyl sites for hydroxylation is 1. The molecule has 0 bridgehead atoms. The number of benzene rings is 2. The molecule has 0 aromatic heterocycles. The highest BCUT2D eigenvalue weighted by atomic mass is 79.9. The van der Waals surface area contributed by atoms with Crippen molar-refractivity contribution in [3.05, 3.63) is 63.1 Å². The maximum Gasteiger partial charge on any atom is 0.197 e. The first-order valence-corrected chi connectivity index (χ1v) is 7.58. The Morgan fingerprint density at radius 3 is 2.85 bits per heavy atom. The van der Waals surface area contributed by atoms with E-state index < -0.39 is 0 Å². The molecule has 0 N–H and O–H groups in total. The zero-order valence-corrected chi connectivity index (χ0v) is 12.9. The molecule has 0 fully saturated rings. The molecule has 20 heavy (non-hydrogen) atoms. The van der Waals surface area contributed by atoms with E-state index in [1.165, 1.54) is 0 Å². The van der Waals surface area contributed by atoms with Gasteiger partial charge in [0, 0.05) is 16.5 Å². The van der Waals surface area contributed by atoms with Crippen LogP contribution in [-0.4, -0.2) is 12.4 Å². The van der Waals surface area contributed by atoms with E-state index in [1.807, 2.05) is 36.4 Å². The third-order valence-corrected chi connectivity index (χ3v) is 4.09. The van der Waals surface area contributed by atoms with Crippen molar-refractivity contribution in [2.75, 3.05) is 6.61 Å². The van der Waals surface area contributed by atoms with Crippen molar-refractivity contribution in [2.45, 2.75) is 19.8 Å². The number of halogens is 1. The van der Waals surface area contributed by atoms with Gasteiger partial charge in [0.25, 0.3) is 0 Å². The number of carbonyl (C=O) groups excluding carboxylic acids is 1. The minimum atomic E-state index is 0.0434. The Labute approximate surface area is 126 Å².